The van der Waals surface area contributed by atoms with Crippen molar-refractivity contribution in [2.24, 2.45) is 0 Å². The quantitative estimate of drug-likeness (QED) is 0.775. The van der Waals surface area contributed by atoms with E-state index in [0.717, 1.165) is 18.8 Å². The summed E-state index contributed by atoms with van der Waals surface area (Å²) in [7, 11) is 1.70. The number of hydrogen-bond acceptors (Lipinski definition) is 3. The van der Waals surface area contributed by atoms with Gasteiger partial charge in [-0.25, -0.2) is 0 Å². The van der Waals surface area contributed by atoms with E-state index >= 15 is 0 Å². The molecule has 0 bridgehead atoms. The average Bonchev–Trinajstić information content (AvgIpc) is 2.55. The average molecular weight is 278 g/mol. The molecule has 3 rings (SSSR count). The van der Waals surface area contributed by atoms with Crippen molar-refractivity contribution >= 4 is 10.8 Å². The van der Waals surface area contributed by atoms with E-state index in [2.05, 4.69) is 40.6 Å². The van der Waals surface area contributed by atoms with Gasteiger partial charge in [0, 0.05) is 36.4 Å². The fourth-order valence-electron chi connectivity index (χ4n) is 2.52. The molecule has 0 unspecified atom stereocenters. The Morgan fingerprint density at radius 1 is 0.952 bits per heavy atom. The minimum absolute atomic E-state index is 0.783. The summed E-state index contributed by atoms with van der Waals surface area (Å²) in [6.07, 6.45) is 3.74. The van der Waals surface area contributed by atoms with E-state index in [1.165, 1.54) is 21.9 Å². The van der Waals surface area contributed by atoms with Crippen molar-refractivity contribution in [1.82, 2.24) is 10.3 Å². The Balaban J connectivity index is 1.72. The lowest BCUT2D eigenvalue weighted by atomic mass is 10.1. The van der Waals surface area contributed by atoms with Crippen LogP contribution in [0.3, 0.4) is 0 Å². The van der Waals surface area contributed by atoms with Crippen molar-refractivity contribution in [2.45, 2.75) is 13.1 Å². The Kier molecular flexibility index (Phi) is 4.12. The molecule has 0 aliphatic heterocycles. The molecule has 0 fully saturated rings. The molecule has 0 atom stereocenters. The van der Waals surface area contributed by atoms with Crippen LogP contribution in [0.1, 0.15) is 11.1 Å². The smallest absolute Gasteiger partial charge is 0.123 e. The number of nitrogens with one attached hydrogen (secondary N) is 1. The molecule has 2 aromatic carbocycles. The largest absolute Gasteiger partial charge is 0.496 e. The lowest BCUT2D eigenvalue weighted by Gasteiger charge is -2.10. The minimum atomic E-state index is 0.783. The molecular formula is C18H18N2O. The van der Waals surface area contributed by atoms with Crippen LogP contribution in [0.5, 0.6) is 5.75 Å². The standard InChI is InChI=1S/C18H18N2O/c1-21-18-8-3-2-5-16(18)13-20-12-15-7-4-6-14-11-19-10-9-17(14)15/h2-11,20H,12-13H2,1H3. The van der Waals surface area contributed by atoms with Crippen LogP contribution in [0, 0.1) is 0 Å². The third-order valence-corrected chi connectivity index (χ3v) is 3.59. The summed E-state index contributed by atoms with van der Waals surface area (Å²) in [5, 5.41) is 5.91. The summed E-state index contributed by atoms with van der Waals surface area (Å²) < 4.78 is 5.37. The van der Waals surface area contributed by atoms with E-state index in [0.29, 0.717) is 0 Å². The van der Waals surface area contributed by atoms with E-state index < -0.39 is 0 Å². The summed E-state index contributed by atoms with van der Waals surface area (Å²) in [5.74, 6) is 0.923. The maximum absolute atomic E-state index is 5.37. The number of nitrogens with zero attached hydrogens (tertiary/aromatic N) is 1. The molecule has 3 heteroatoms. The molecule has 0 aliphatic rings. The third-order valence-electron chi connectivity index (χ3n) is 3.59. The summed E-state index contributed by atoms with van der Waals surface area (Å²) in [5.41, 5.74) is 2.45. The summed E-state index contributed by atoms with van der Waals surface area (Å²) in [6.45, 7) is 1.60. The molecule has 1 aromatic heterocycles. The van der Waals surface area contributed by atoms with Crippen LogP contribution in [0.4, 0.5) is 0 Å². The first-order valence-corrected chi connectivity index (χ1v) is 7.03. The van der Waals surface area contributed by atoms with Gasteiger partial charge in [-0.3, -0.25) is 4.98 Å². The van der Waals surface area contributed by atoms with E-state index in [4.69, 9.17) is 4.74 Å². The Bertz CT molecular complexity index is 735. The summed E-state index contributed by atoms with van der Waals surface area (Å²) >= 11 is 0. The molecule has 21 heavy (non-hydrogen) atoms. The maximum atomic E-state index is 5.37. The molecule has 0 saturated carbocycles. The highest BCUT2D eigenvalue weighted by Gasteiger charge is 2.03. The number of methoxy groups -OCH3 is 1. The Morgan fingerprint density at radius 2 is 1.76 bits per heavy atom. The van der Waals surface area contributed by atoms with Gasteiger partial charge < -0.3 is 10.1 Å². The molecule has 0 aliphatic carbocycles. The lowest BCUT2D eigenvalue weighted by molar-refractivity contribution is 0.407. The van der Waals surface area contributed by atoms with E-state index in [-0.39, 0.29) is 0 Å². The van der Waals surface area contributed by atoms with E-state index in [1.807, 2.05) is 30.6 Å². The second-order valence-electron chi connectivity index (χ2n) is 4.93. The SMILES string of the molecule is COc1ccccc1CNCc1cccc2cnccc12. The highest BCUT2D eigenvalue weighted by atomic mass is 16.5. The van der Waals surface area contributed by atoms with E-state index in [9.17, 15) is 0 Å². The number of hydrogen-bond donors (Lipinski definition) is 1. The van der Waals surface area contributed by atoms with Crippen molar-refractivity contribution < 1.29 is 4.74 Å². The van der Waals surface area contributed by atoms with Crippen molar-refractivity contribution in [3.05, 3.63) is 72.1 Å². The molecule has 1 heterocycles. The van der Waals surface area contributed by atoms with Gasteiger partial charge in [-0.2, -0.15) is 0 Å². The van der Waals surface area contributed by atoms with Gasteiger partial charge >= 0.3 is 0 Å². The van der Waals surface area contributed by atoms with Gasteiger partial charge in [-0.1, -0.05) is 36.4 Å². The number of pyridine rings is 1. The van der Waals surface area contributed by atoms with Crippen LogP contribution < -0.4 is 10.1 Å². The second-order valence-corrected chi connectivity index (χ2v) is 4.93. The highest BCUT2D eigenvalue weighted by molar-refractivity contribution is 5.84. The molecule has 1 N–H and O–H groups in total. The molecule has 0 spiro atoms. The molecule has 0 saturated heterocycles. The van der Waals surface area contributed by atoms with Gasteiger partial charge in [-0.05, 0) is 23.1 Å². The lowest BCUT2D eigenvalue weighted by Crippen LogP contribution is -2.13. The minimum Gasteiger partial charge on any atom is -0.496 e. The fourth-order valence-corrected chi connectivity index (χ4v) is 2.52. The number of ether oxygens (including phenoxy) is 1. The Morgan fingerprint density at radius 3 is 2.67 bits per heavy atom. The number of benzene rings is 2. The zero-order valence-corrected chi connectivity index (χ0v) is 12.0. The molecule has 0 radical (unpaired) electrons. The maximum Gasteiger partial charge on any atom is 0.123 e. The van der Waals surface area contributed by atoms with Gasteiger partial charge in [0.2, 0.25) is 0 Å². The first kappa shape index (κ1) is 13.6. The number of para-hydroxylation sites is 1. The van der Waals surface area contributed by atoms with E-state index in [1.54, 1.807) is 7.11 Å². The highest BCUT2D eigenvalue weighted by Crippen LogP contribution is 2.19. The van der Waals surface area contributed by atoms with Crippen molar-refractivity contribution in [2.75, 3.05) is 7.11 Å². The van der Waals surface area contributed by atoms with Crippen LogP contribution in [0.25, 0.3) is 10.8 Å². The molecule has 0 amide bonds. The second kappa shape index (κ2) is 6.37. The predicted molar refractivity (Wildman–Crippen MR) is 85.3 cm³/mol. The van der Waals surface area contributed by atoms with Crippen LogP contribution in [-0.4, -0.2) is 12.1 Å². The Labute approximate surface area is 124 Å². The number of rotatable bonds is 5. The van der Waals surface area contributed by atoms with Crippen LogP contribution in [0.2, 0.25) is 0 Å². The molecule has 3 nitrogen and oxygen atoms in total. The number of fused-ring (bicyclic) bond motifs is 1. The Hall–Kier alpha value is -2.39. The van der Waals surface area contributed by atoms with Crippen LogP contribution in [0.15, 0.2) is 60.9 Å². The molecular weight excluding hydrogens is 260 g/mol. The van der Waals surface area contributed by atoms with Crippen molar-refractivity contribution in [3.8, 4) is 5.75 Å². The first-order valence-electron chi connectivity index (χ1n) is 7.03. The van der Waals surface area contributed by atoms with Gasteiger partial charge in [0.05, 0.1) is 7.11 Å². The summed E-state index contributed by atoms with van der Waals surface area (Å²) in [4.78, 5) is 4.17. The van der Waals surface area contributed by atoms with Crippen molar-refractivity contribution in [1.29, 1.82) is 0 Å². The fraction of sp³-hybridized carbons (Fsp3) is 0.167. The van der Waals surface area contributed by atoms with Gasteiger partial charge in [0.25, 0.3) is 0 Å². The van der Waals surface area contributed by atoms with Gasteiger partial charge in [-0.15, -0.1) is 0 Å². The predicted octanol–water partition coefficient (Wildman–Crippen LogP) is 3.53. The third kappa shape index (κ3) is 3.03. The number of aromatic nitrogens is 1. The monoisotopic (exact) mass is 278 g/mol. The first-order chi connectivity index (χ1) is 10.4. The zero-order chi connectivity index (χ0) is 14.5. The summed E-state index contributed by atoms with van der Waals surface area (Å²) in [6, 6.07) is 16.5. The van der Waals surface area contributed by atoms with Gasteiger partial charge in [0.1, 0.15) is 5.75 Å². The van der Waals surface area contributed by atoms with Crippen LogP contribution >= 0.6 is 0 Å². The zero-order valence-electron chi connectivity index (χ0n) is 12.0. The molecule has 3 aromatic rings. The normalized spacial score (nSPS) is 10.7. The van der Waals surface area contributed by atoms with Gasteiger partial charge in [0.15, 0.2) is 0 Å². The van der Waals surface area contributed by atoms with Crippen LogP contribution in [-0.2, 0) is 13.1 Å². The topological polar surface area (TPSA) is 34.1 Å². The molecule has 106 valence electrons. The van der Waals surface area contributed by atoms with Crippen molar-refractivity contribution in [3.63, 3.8) is 0 Å².